The van der Waals surface area contributed by atoms with Crippen molar-refractivity contribution in [1.82, 2.24) is 30.6 Å². The molecule has 2 aromatic heterocycles. The highest BCUT2D eigenvalue weighted by atomic mass is 16.5. The van der Waals surface area contributed by atoms with Crippen LogP contribution in [0.4, 0.5) is 4.79 Å². The van der Waals surface area contributed by atoms with Gasteiger partial charge in [-0.05, 0) is 19.8 Å². The topological polar surface area (TPSA) is 107 Å². The number of amides is 2. The zero-order valence-corrected chi connectivity index (χ0v) is 13.9. The Kier molecular flexibility index (Phi) is 5.09. The Labute approximate surface area is 139 Å². The number of hydrogen-bond donors (Lipinski definition) is 2. The van der Waals surface area contributed by atoms with E-state index in [2.05, 4.69) is 25.9 Å². The Hall–Kier alpha value is -2.42. The molecule has 0 spiro atoms. The molecule has 9 nitrogen and oxygen atoms in total. The largest absolute Gasteiger partial charge is 0.371 e. The summed E-state index contributed by atoms with van der Waals surface area (Å²) in [5, 5.41) is 13.7. The molecule has 2 atom stereocenters. The van der Waals surface area contributed by atoms with E-state index in [-0.39, 0.29) is 24.7 Å². The maximum absolute atomic E-state index is 12.1. The molecule has 0 bridgehead atoms. The first kappa shape index (κ1) is 16.4. The van der Waals surface area contributed by atoms with Crippen molar-refractivity contribution in [1.29, 1.82) is 0 Å². The van der Waals surface area contributed by atoms with Crippen LogP contribution in [0.1, 0.15) is 43.1 Å². The molecule has 2 aromatic rings. The van der Waals surface area contributed by atoms with Crippen molar-refractivity contribution in [2.45, 2.75) is 51.9 Å². The van der Waals surface area contributed by atoms with Crippen molar-refractivity contribution >= 4 is 6.03 Å². The van der Waals surface area contributed by atoms with Crippen LogP contribution in [0, 0.1) is 6.92 Å². The van der Waals surface area contributed by atoms with Gasteiger partial charge in [0.25, 0.3) is 0 Å². The molecule has 0 radical (unpaired) electrons. The van der Waals surface area contributed by atoms with Gasteiger partial charge in [0.05, 0.1) is 18.8 Å². The number of nitrogens with zero attached hydrogens (tertiary/aromatic N) is 4. The molecule has 1 aliphatic heterocycles. The van der Waals surface area contributed by atoms with E-state index in [1.54, 1.807) is 13.1 Å². The van der Waals surface area contributed by atoms with Gasteiger partial charge in [-0.15, -0.1) is 0 Å². The second kappa shape index (κ2) is 7.43. The van der Waals surface area contributed by atoms with Crippen LogP contribution >= 0.6 is 0 Å². The summed E-state index contributed by atoms with van der Waals surface area (Å²) in [6, 6.07) is -0.374. The van der Waals surface area contributed by atoms with Crippen LogP contribution in [-0.4, -0.2) is 38.6 Å². The van der Waals surface area contributed by atoms with Crippen molar-refractivity contribution < 1.29 is 14.1 Å². The van der Waals surface area contributed by atoms with Crippen LogP contribution in [0.2, 0.25) is 0 Å². The number of carbonyl (C=O) groups excluding carboxylic acids is 1. The number of aryl methyl sites for hydroxylation is 2. The smallest absolute Gasteiger partial charge is 0.315 e. The van der Waals surface area contributed by atoms with E-state index in [0.29, 0.717) is 18.3 Å². The lowest BCUT2D eigenvalue weighted by Gasteiger charge is -2.31. The maximum Gasteiger partial charge on any atom is 0.315 e. The van der Waals surface area contributed by atoms with Gasteiger partial charge in [-0.3, -0.25) is 4.68 Å². The Morgan fingerprint density at radius 3 is 3.08 bits per heavy atom. The molecule has 3 rings (SSSR count). The molecule has 9 heteroatoms. The molecule has 2 amide bonds. The van der Waals surface area contributed by atoms with E-state index >= 15 is 0 Å². The molecule has 130 valence electrons. The number of ether oxygens (including phenoxy) is 1. The molecule has 3 heterocycles. The van der Waals surface area contributed by atoms with Crippen LogP contribution in [0.15, 0.2) is 16.9 Å². The van der Waals surface area contributed by atoms with Gasteiger partial charge in [0.1, 0.15) is 6.10 Å². The molecule has 0 saturated carbocycles. The van der Waals surface area contributed by atoms with Crippen LogP contribution in [0.25, 0.3) is 0 Å². The third kappa shape index (κ3) is 3.91. The highest BCUT2D eigenvalue weighted by molar-refractivity contribution is 5.74. The standard InChI is InChI=1S/C15H22N6O3/c1-3-21-9-11(7-17-21)14-12(5-4-6-23-14)19-15(22)16-8-13-18-10(2)24-20-13/h7,9,12,14H,3-6,8H2,1-2H3,(H2,16,19,22)/t12-,14+/m0/s1. The number of nitrogens with one attached hydrogen (secondary N) is 2. The SMILES string of the molecule is CCn1cc([C@H]2OCCC[C@@H]2NC(=O)NCc2noc(C)n2)cn1. The van der Waals surface area contributed by atoms with Gasteiger partial charge in [0, 0.05) is 31.8 Å². The third-order valence-electron chi connectivity index (χ3n) is 3.92. The van der Waals surface area contributed by atoms with Gasteiger partial charge in [0.15, 0.2) is 5.82 Å². The fourth-order valence-electron chi connectivity index (χ4n) is 2.75. The summed E-state index contributed by atoms with van der Waals surface area (Å²) in [6.07, 6.45) is 5.35. The first-order valence-electron chi connectivity index (χ1n) is 8.13. The Morgan fingerprint density at radius 2 is 2.38 bits per heavy atom. The lowest BCUT2D eigenvalue weighted by atomic mass is 9.98. The molecular formula is C15H22N6O3. The summed E-state index contributed by atoms with van der Waals surface area (Å²) >= 11 is 0. The predicted octanol–water partition coefficient (Wildman–Crippen LogP) is 1.31. The number of rotatable bonds is 5. The molecule has 0 aliphatic carbocycles. The summed E-state index contributed by atoms with van der Waals surface area (Å²) in [5.41, 5.74) is 0.982. The average molecular weight is 334 g/mol. The van der Waals surface area contributed by atoms with Gasteiger partial charge in [-0.2, -0.15) is 10.1 Å². The molecule has 0 aromatic carbocycles. The molecule has 2 N–H and O–H groups in total. The quantitative estimate of drug-likeness (QED) is 0.854. The number of carbonyl (C=O) groups is 1. The molecule has 1 fully saturated rings. The Morgan fingerprint density at radius 1 is 1.50 bits per heavy atom. The summed E-state index contributed by atoms with van der Waals surface area (Å²) in [5.74, 6) is 0.921. The lowest BCUT2D eigenvalue weighted by molar-refractivity contribution is -0.00748. The number of aromatic nitrogens is 4. The highest BCUT2D eigenvalue weighted by Crippen LogP contribution is 2.28. The summed E-state index contributed by atoms with van der Waals surface area (Å²) < 4.78 is 12.6. The summed E-state index contributed by atoms with van der Waals surface area (Å²) in [6.45, 7) is 5.44. The van der Waals surface area contributed by atoms with E-state index in [0.717, 1.165) is 24.9 Å². The van der Waals surface area contributed by atoms with Crippen molar-refractivity contribution in [3.63, 3.8) is 0 Å². The second-order valence-electron chi connectivity index (χ2n) is 5.73. The minimum atomic E-state index is -0.277. The van der Waals surface area contributed by atoms with Gasteiger partial charge < -0.3 is 19.9 Å². The second-order valence-corrected chi connectivity index (χ2v) is 5.73. The van der Waals surface area contributed by atoms with Crippen molar-refractivity contribution in [2.24, 2.45) is 0 Å². The van der Waals surface area contributed by atoms with E-state index in [9.17, 15) is 4.79 Å². The van der Waals surface area contributed by atoms with E-state index in [1.807, 2.05) is 17.8 Å². The van der Waals surface area contributed by atoms with E-state index in [1.165, 1.54) is 0 Å². The molecule has 24 heavy (non-hydrogen) atoms. The zero-order chi connectivity index (χ0) is 16.9. The van der Waals surface area contributed by atoms with Crippen LogP contribution < -0.4 is 10.6 Å². The highest BCUT2D eigenvalue weighted by Gasteiger charge is 2.29. The normalized spacial score (nSPS) is 20.8. The van der Waals surface area contributed by atoms with Crippen LogP contribution in [0.5, 0.6) is 0 Å². The van der Waals surface area contributed by atoms with Gasteiger partial charge >= 0.3 is 6.03 Å². The first-order chi connectivity index (χ1) is 11.7. The van der Waals surface area contributed by atoms with Gasteiger partial charge in [-0.1, -0.05) is 5.16 Å². The summed E-state index contributed by atoms with van der Waals surface area (Å²) in [7, 11) is 0. The maximum atomic E-state index is 12.1. The van der Waals surface area contributed by atoms with E-state index < -0.39 is 0 Å². The zero-order valence-electron chi connectivity index (χ0n) is 13.9. The monoisotopic (exact) mass is 334 g/mol. The van der Waals surface area contributed by atoms with Crippen LogP contribution in [0.3, 0.4) is 0 Å². The fraction of sp³-hybridized carbons (Fsp3) is 0.600. The van der Waals surface area contributed by atoms with Crippen LogP contribution in [-0.2, 0) is 17.8 Å². The number of urea groups is 1. The molecule has 1 saturated heterocycles. The van der Waals surface area contributed by atoms with Gasteiger partial charge in [-0.25, -0.2) is 4.79 Å². The fourth-order valence-corrected chi connectivity index (χ4v) is 2.75. The molecule has 0 unspecified atom stereocenters. The van der Waals surface area contributed by atoms with Crippen molar-refractivity contribution in [3.8, 4) is 0 Å². The first-order valence-corrected chi connectivity index (χ1v) is 8.13. The lowest BCUT2D eigenvalue weighted by Crippen LogP contribution is -2.47. The summed E-state index contributed by atoms with van der Waals surface area (Å²) in [4.78, 5) is 16.2. The van der Waals surface area contributed by atoms with Crippen molar-refractivity contribution in [3.05, 3.63) is 29.7 Å². The third-order valence-corrected chi connectivity index (χ3v) is 3.92. The minimum Gasteiger partial charge on any atom is -0.371 e. The Balaban J connectivity index is 1.57. The minimum absolute atomic E-state index is 0.0970. The average Bonchev–Trinajstić information content (AvgIpc) is 3.22. The predicted molar refractivity (Wildman–Crippen MR) is 84.0 cm³/mol. The van der Waals surface area contributed by atoms with E-state index in [4.69, 9.17) is 9.26 Å². The van der Waals surface area contributed by atoms with Crippen molar-refractivity contribution in [2.75, 3.05) is 6.61 Å². The molecule has 1 aliphatic rings. The van der Waals surface area contributed by atoms with Gasteiger partial charge in [0.2, 0.25) is 5.89 Å². The Bertz CT molecular complexity index is 682. The molecular weight excluding hydrogens is 312 g/mol. The number of hydrogen-bond acceptors (Lipinski definition) is 6.